The average Bonchev–Trinajstić information content (AvgIpc) is 2.97. The van der Waals surface area contributed by atoms with Gasteiger partial charge in [0.05, 0.1) is 26.3 Å². The lowest BCUT2D eigenvalue weighted by atomic mass is 10.2. The summed E-state index contributed by atoms with van der Waals surface area (Å²) in [5.41, 5.74) is 0. The van der Waals surface area contributed by atoms with Gasteiger partial charge in [-0.05, 0) is 6.58 Å². The quantitative estimate of drug-likeness (QED) is 0.471. The van der Waals surface area contributed by atoms with Gasteiger partial charge in [0.2, 0.25) is 0 Å². The number of carbonyl (C=O) groups is 1. The van der Waals surface area contributed by atoms with E-state index in [0.29, 0.717) is 13.1 Å². The van der Waals surface area contributed by atoms with E-state index in [4.69, 9.17) is 9.47 Å². The molecule has 0 aliphatic carbocycles. The molecule has 0 saturated carbocycles. The number of epoxide rings is 2. The van der Waals surface area contributed by atoms with Gasteiger partial charge in [0.15, 0.2) is 0 Å². The van der Waals surface area contributed by atoms with E-state index in [-0.39, 0.29) is 22.6 Å². The number of nitrogens with zero attached hydrogens (tertiary/aromatic N) is 1. The van der Waals surface area contributed by atoms with Crippen LogP contribution in [0.1, 0.15) is 6.92 Å². The van der Waals surface area contributed by atoms with Crippen molar-refractivity contribution in [3.05, 3.63) is 12.8 Å². The van der Waals surface area contributed by atoms with Crippen LogP contribution in [0.4, 0.5) is 0 Å². The van der Waals surface area contributed by atoms with Gasteiger partial charge in [0.1, 0.15) is 25.3 Å². The van der Waals surface area contributed by atoms with Crippen LogP contribution in [0.2, 0.25) is 0 Å². The Balaban J connectivity index is 2.04. The van der Waals surface area contributed by atoms with Crippen molar-refractivity contribution in [2.75, 3.05) is 26.3 Å². The van der Waals surface area contributed by atoms with Crippen LogP contribution in [0.25, 0.3) is 0 Å². The fourth-order valence-corrected chi connectivity index (χ4v) is 1.68. The molecule has 2 aliphatic rings. The summed E-state index contributed by atoms with van der Waals surface area (Å²) in [6.07, 6.45) is 2.18. The van der Waals surface area contributed by atoms with Gasteiger partial charge in [-0.3, -0.25) is 0 Å². The van der Waals surface area contributed by atoms with Gasteiger partial charge in [-0.25, -0.2) is 9.28 Å². The van der Waals surface area contributed by atoms with Crippen molar-refractivity contribution in [1.82, 2.24) is 0 Å². The van der Waals surface area contributed by atoms with Crippen LogP contribution in [-0.4, -0.2) is 48.9 Å². The highest BCUT2D eigenvalue weighted by Crippen LogP contribution is 2.23. The molecular formula is C10H16NO3+. The molecule has 0 spiro atoms. The van der Waals surface area contributed by atoms with Crippen molar-refractivity contribution < 1.29 is 18.8 Å². The van der Waals surface area contributed by atoms with Crippen molar-refractivity contribution >= 4 is 5.91 Å². The average molecular weight is 198 g/mol. The van der Waals surface area contributed by atoms with E-state index in [1.54, 1.807) is 13.1 Å². The fourth-order valence-electron chi connectivity index (χ4n) is 1.68. The normalized spacial score (nSPS) is 33.2. The van der Waals surface area contributed by atoms with E-state index >= 15 is 0 Å². The number of hydrogen-bond donors (Lipinski definition) is 0. The zero-order valence-corrected chi connectivity index (χ0v) is 8.44. The third-order valence-corrected chi connectivity index (χ3v) is 2.84. The van der Waals surface area contributed by atoms with Crippen molar-refractivity contribution in [1.29, 1.82) is 0 Å². The van der Waals surface area contributed by atoms with Gasteiger partial charge in [0, 0.05) is 0 Å². The second kappa shape index (κ2) is 3.46. The van der Waals surface area contributed by atoms with Crippen molar-refractivity contribution in [2.45, 2.75) is 19.1 Å². The van der Waals surface area contributed by atoms with Crippen LogP contribution in [-0.2, 0) is 14.3 Å². The fraction of sp³-hybridized carbons (Fsp3) is 0.700. The van der Waals surface area contributed by atoms with Crippen molar-refractivity contribution in [3.8, 4) is 0 Å². The van der Waals surface area contributed by atoms with Crippen LogP contribution in [0.3, 0.4) is 0 Å². The minimum Gasteiger partial charge on any atom is -0.367 e. The molecule has 2 fully saturated rings. The molecular weight excluding hydrogens is 182 g/mol. The van der Waals surface area contributed by atoms with Gasteiger partial charge in [-0.2, -0.15) is 0 Å². The van der Waals surface area contributed by atoms with E-state index in [9.17, 15) is 4.79 Å². The molecule has 14 heavy (non-hydrogen) atoms. The number of hydrogen-bond acceptors (Lipinski definition) is 3. The van der Waals surface area contributed by atoms with Crippen molar-refractivity contribution in [2.24, 2.45) is 0 Å². The van der Waals surface area contributed by atoms with Crippen LogP contribution in [0.15, 0.2) is 12.8 Å². The highest BCUT2D eigenvalue weighted by atomic mass is 16.6. The third-order valence-electron chi connectivity index (χ3n) is 2.84. The molecule has 0 bridgehead atoms. The Kier molecular flexibility index (Phi) is 2.43. The lowest BCUT2D eigenvalue weighted by Crippen LogP contribution is -2.51. The molecule has 0 aromatic carbocycles. The van der Waals surface area contributed by atoms with Crippen LogP contribution in [0.5, 0.6) is 0 Å². The van der Waals surface area contributed by atoms with E-state index in [0.717, 1.165) is 13.2 Å². The molecule has 0 aromatic heterocycles. The minimum atomic E-state index is 0.117. The number of amides is 1. The Labute approximate surface area is 83.7 Å². The van der Waals surface area contributed by atoms with Gasteiger partial charge in [0.25, 0.3) is 0 Å². The summed E-state index contributed by atoms with van der Waals surface area (Å²) in [6.45, 7) is 8.32. The maximum absolute atomic E-state index is 11.6. The lowest BCUT2D eigenvalue weighted by Gasteiger charge is -2.29. The topological polar surface area (TPSA) is 42.1 Å². The first-order valence-corrected chi connectivity index (χ1v) is 4.91. The Hall–Kier alpha value is -0.710. The third kappa shape index (κ3) is 2.03. The minimum absolute atomic E-state index is 0.117. The molecule has 0 aromatic rings. The van der Waals surface area contributed by atoms with Gasteiger partial charge >= 0.3 is 5.91 Å². The molecule has 1 amide bonds. The summed E-state index contributed by atoms with van der Waals surface area (Å²) < 4.78 is 10.6. The standard InChI is InChI=1S/C10H16NO3/c1-3-11(8(2)12,4-9-6-13-9)5-10-7-14-10/h3,9-10H,1,4-7H2,2H3/q+1. The first kappa shape index (κ1) is 9.83. The largest absolute Gasteiger partial charge is 0.367 e. The van der Waals surface area contributed by atoms with E-state index in [1.807, 2.05) is 0 Å². The van der Waals surface area contributed by atoms with E-state index in [1.165, 1.54) is 0 Å². The summed E-state index contributed by atoms with van der Waals surface area (Å²) in [4.78, 5) is 11.6. The highest BCUT2D eigenvalue weighted by Gasteiger charge is 2.43. The number of quaternary nitrogens is 1. The van der Waals surface area contributed by atoms with Gasteiger partial charge in [-0.1, -0.05) is 0 Å². The predicted octanol–water partition coefficient (Wildman–Crippen LogP) is 0.291. The Bertz CT molecular complexity index is 242. The van der Waals surface area contributed by atoms with Crippen LogP contribution in [0, 0.1) is 0 Å². The second-order valence-electron chi connectivity index (χ2n) is 4.01. The molecule has 2 rings (SSSR count). The summed E-state index contributed by atoms with van der Waals surface area (Å²) in [7, 11) is 0. The monoisotopic (exact) mass is 198 g/mol. The Morgan fingerprint density at radius 3 is 2.07 bits per heavy atom. The SMILES string of the molecule is C=C[N+](CC1CO1)(CC1CO1)C(C)=O. The maximum Gasteiger partial charge on any atom is 0.315 e. The number of ether oxygens (including phenoxy) is 2. The van der Waals surface area contributed by atoms with Gasteiger partial charge in [-0.15, -0.1) is 0 Å². The molecule has 0 radical (unpaired) electrons. The molecule has 2 saturated heterocycles. The molecule has 2 atom stereocenters. The highest BCUT2D eigenvalue weighted by molar-refractivity contribution is 5.66. The summed E-state index contributed by atoms with van der Waals surface area (Å²) in [5.74, 6) is 0.117. The van der Waals surface area contributed by atoms with E-state index < -0.39 is 0 Å². The zero-order chi connectivity index (χ0) is 10.2. The molecule has 4 heteroatoms. The molecule has 78 valence electrons. The second-order valence-corrected chi connectivity index (χ2v) is 4.01. The Morgan fingerprint density at radius 1 is 1.43 bits per heavy atom. The van der Waals surface area contributed by atoms with Crippen molar-refractivity contribution in [3.63, 3.8) is 0 Å². The van der Waals surface area contributed by atoms with Gasteiger partial charge < -0.3 is 9.47 Å². The molecule has 2 aliphatic heterocycles. The van der Waals surface area contributed by atoms with Crippen LogP contribution < -0.4 is 0 Å². The molecule has 0 N–H and O–H groups in total. The summed E-state index contributed by atoms with van der Waals surface area (Å²) >= 11 is 0. The summed E-state index contributed by atoms with van der Waals surface area (Å²) in [6, 6.07) is 0. The molecule has 2 heterocycles. The molecule has 4 nitrogen and oxygen atoms in total. The number of rotatable bonds is 5. The smallest absolute Gasteiger partial charge is 0.315 e. The Morgan fingerprint density at radius 2 is 1.86 bits per heavy atom. The summed E-state index contributed by atoms with van der Waals surface area (Å²) in [5, 5.41) is 0. The van der Waals surface area contributed by atoms with Crippen LogP contribution >= 0.6 is 0 Å². The number of carbonyl (C=O) groups excluding carboxylic acids is 1. The maximum atomic E-state index is 11.6. The lowest BCUT2D eigenvalue weighted by molar-refractivity contribution is -0.803. The zero-order valence-electron chi connectivity index (χ0n) is 8.44. The van der Waals surface area contributed by atoms with E-state index in [2.05, 4.69) is 6.58 Å². The molecule has 2 unspecified atom stereocenters. The first-order valence-electron chi connectivity index (χ1n) is 4.91. The predicted molar refractivity (Wildman–Crippen MR) is 50.4 cm³/mol. The first-order chi connectivity index (χ1) is 6.66.